The molecule has 2 rings (SSSR count). The quantitative estimate of drug-likeness (QED) is 0.555. The van der Waals surface area contributed by atoms with Crippen molar-refractivity contribution in [3.8, 4) is 0 Å². The van der Waals surface area contributed by atoms with E-state index in [9.17, 15) is 8.42 Å². The lowest BCUT2D eigenvalue weighted by Crippen LogP contribution is -2.25. The second kappa shape index (κ2) is 5.97. The van der Waals surface area contributed by atoms with Crippen LogP contribution in [0.25, 0.3) is 0 Å². The molecule has 0 bridgehead atoms. The van der Waals surface area contributed by atoms with Crippen LogP contribution in [-0.4, -0.2) is 13.4 Å². The molecule has 19 heavy (non-hydrogen) atoms. The summed E-state index contributed by atoms with van der Waals surface area (Å²) >= 11 is 4.81. The highest BCUT2D eigenvalue weighted by Gasteiger charge is 2.20. The molecule has 0 radical (unpaired) electrons. The Morgan fingerprint density at radius 2 is 2.21 bits per heavy atom. The van der Waals surface area contributed by atoms with Crippen molar-refractivity contribution < 1.29 is 8.42 Å². The Morgan fingerprint density at radius 1 is 1.42 bits per heavy atom. The number of rotatable bonds is 5. The van der Waals surface area contributed by atoms with Crippen LogP contribution in [0, 0.1) is 0 Å². The van der Waals surface area contributed by atoms with E-state index >= 15 is 0 Å². The smallest absolute Gasteiger partial charge is 0.260 e. The van der Waals surface area contributed by atoms with Gasteiger partial charge in [-0.05, 0) is 39.5 Å². The van der Waals surface area contributed by atoms with Crippen LogP contribution < -0.4 is 16.0 Å². The third kappa shape index (κ3) is 3.31. The van der Waals surface area contributed by atoms with Crippen LogP contribution in [0.3, 0.4) is 0 Å². The lowest BCUT2D eigenvalue weighted by Gasteiger charge is -2.09. The number of thiophene rings is 1. The van der Waals surface area contributed by atoms with Crippen LogP contribution >= 0.6 is 27.3 Å². The fourth-order valence-corrected chi connectivity index (χ4v) is 4.01. The number of nitrogens with one attached hydrogen (secondary N) is 2. The number of sulfonamides is 1. The van der Waals surface area contributed by atoms with Gasteiger partial charge in [-0.1, -0.05) is 0 Å². The average Bonchev–Trinajstić information content (AvgIpc) is 2.82. The number of halogens is 1. The molecular weight excluding hydrogens is 352 g/mol. The van der Waals surface area contributed by atoms with E-state index in [0.29, 0.717) is 0 Å². The fourth-order valence-electron chi connectivity index (χ4n) is 1.39. The zero-order valence-corrected chi connectivity index (χ0v) is 12.8. The Kier molecular flexibility index (Phi) is 4.53. The van der Waals surface area contributed by atoms with Crippen molar-refractivity contribution in [3.63, 3.8) is 0 Å². The first-order valence-electron chi connectivity index (χ1n) is 5.18. The molecule has 2 aromatic rings. The van der Waals surface area contributed by atoms with Crippen molar-refractivity contribution in [2.24, 2.45) is 5.84 Å². The van der Waals surface area contributed by atoms with Crippen LogP contribution in [0.4, 0.5) is 5.69 Å². The number of aromatic nitrogens is 1. The molecule has 0 aliphatic rings. The number of anilines is 1. The predicted molar refractivity (Wildman–Crippen MR) is 78.1 cm³/mol. The molecule has 2 heterocycles. The normalized spacial score (nSPS) is 11.5. The van der Waals surface area contributed by atoms with E-state index in [1.165, 1.54) is 17.5 Å². The average molecular weight is 363 g/mol. The molecule has 102 valence electrons. The molecule has 4 N–H and O–H groups in total. The monoisotopic (exact) mass is 362 g/mol. The number of nitrogens with zero attached hydrogens (tertiary/aromatic N) is 1. The first-order chi connectivity index (χ1) is 9.04. The molecule has 0 aliphatic carbocycles. The van der Waals surface area contributed by atoms with Gasteiger partial charge in [0, 0.05) is 22.1 Å². The first-order valence-corrected chi connectivity index (χ1v) is 8.33. The Hall–Kier alpha value is -1.00. The minimum Gasteiger partial charge on any atom is -0.321 e. The van der Waals surface area contributed by atoms with Crippen LogP contribution in [0.15, 0.2) is 39.3 Å². The minimum atomic E-state index is -3.71. The molecule has 2 aromatic heterocycles. The van der Waals surface area contributed by atoms with Gasteiger partial charge >= 0.3 is 0 Å². The van der Waals surface area contributed by atoms with Crippen LogP contribution in [-0.2, 0) is 16.6 Å². The molecule has 0 spiro atoms. The maximum absolute atomic E-state index is 12.1. The van der Waals surface area contributed by atoms with Crippen molar-refractivity contribution in [2.75, 3.05) is 5.43 Å². The van der Waals surface area contributed by atoms with Gasteiger partial charge in [0.25, 0.3) is 10.0 Å². The highest BCUT2D eigenvalue weighted by Crippen LogP contribution is 2.23. The largest absolute Gasteiger partial charge is 0.321 e. The van der Waals surface area contributed by atoms with Gasteiger partial charge in [-0.2, -0.15) is 0 Å². The molecule has 0 fully saturated rings. The van der Waals surface area contributed by atoms with Gasteiger partial charge in [-0.3, -0.25) is 5.84 Å². The van der Waals surface area contributed by atoms with Crippen molar-refractivity contribution in [1.82, 2.24) is 9.71 Å². The standard InChI is InChI=1S/C10H11BrN4O2S2/c11-7-3-5-18-9(7)6-14-19(16,17)10-8(15-12)2-1-4-13-10/h1-5,14-15H,6,12H2. The number of hydrazine groups is 1. The number of pyridine rings is 1. The fraction of sp³-hybridized carbons (Fsp3) is 0.100. The summed E-state index contributed by atoms with van der Waals surface area (Å²) in [5.41, 5.74) is 2.57. The zero-order valence-electron chi connectivity index (χ0n) is 9.63. The topological polar surface area (TPSA) is 97.1 Å². The Morgan fingerprint density at radius 3 is 2.84 bits per heavy atom. The molecule has 0 atom stereocenters. The third-order valence-electron chi connectivity index (χ3n) is 2.29. The van der Waals surface area contributed by atoms with E-state index in [4.69, 9.17) is 5.84 Å². The van der Waals surface area contributed by atoms with Gasteiger partial charge in [0.15, 0.2) is 5.03 Å². The van der Waals surface area contributed by atoms with Crippen LogP contribution in [0.1, 0.15) is 4.88 Å². The molecule has 0 saturated heterocycles. The molecule has 0 aliphatic heterocycles. The second-order valence-corrected chi connectivity index (χ2v) is 7.05. The summed E-state index contributed by atoms with van der Waals surface area (Å²) in [7, 11) is -3.71. The summed E-state index contributed by atoms with van der Waals surface area (Å²) in [6.07, 6.45) is 1.40. The van der Waals surface area contributed by atoms with E-state index in [1.54, 1.807) is 12.1 Å². The summed E-state index contributed by atoms with van der Waals surface area (Å²) in [6, 6.07) is 5.01. The maximum Gasteiger partial charge on any atom is 0.260 e. The summed E-state index contributed by atoms with van der Waals surface area (Å²) in [6.45, 7) is 0.196. The minimum absolute atomic E-state index is 0.120. The molecule has 6 nitrogen and oxygen atoms in total. The van der Waals surface area contributed by atoms with E-state index in [-0.39, 0.29) is 17.3 Å². The molecule has 0 aromatic carbocycles. The molecule has 0 saturated carbocycles. The van der Waals surface area contributed by atoms with Gasteiger partial charge in [0.2, 0.25) is 0 Å². The lowest BCUT2D eigenvalue weighted by atomic mass is 10.4. The van der Waals surface area contributed by atoms with E-state index in [0.717, 1.165) is 9.35 Å². The summed E-state index contributed by atoms with van der Waals surface area (Å²) < 4.78 is 27.6. The van der Waals surface area contributed by atoms with Crippen LogP contribution in [0.2, 0.25) is 0 Å². The SMILES string of the molecule is NNc1cccnc1S(=O)(=O)NCc1sccc1Br. The van der Waals surface area contributed by atoms with Gasteiger partial charge in [-0.25, -0.2) is 18.1 Å². The van der Waals surface area contributed by atoms with Gasteiger partial charge < -0.3 is 5.43 Å². The number of hydrogen-bond donors (Lipinski definition) is 3. The highest BCUT2D eigenvalue weighted by atomic mass is 79.9. The summed E-state index contributed by atoms with van der Waals surface area (Å²) in [4.78, 5) is 4.73. The Bertz CT molecular complexity index is 672. The summed E-state index contributed by atoms with van der Waals surface area (Å²) in [5.74, 6) is 5.27. The second-order valence-electron chi connectivity index (χ2n) is 3.52. The third-order valence-corrected chi connectivity index (χ3v) is 5.58. The van der Waals surface area contributed by atoms with Gasteiger partial charge in [0.05, 0.1) is 5.69 Å². The number of nitrogen functional groups attached to an aromatic ring is 1. The molecular formula is C10H11BrN4O2S2. The number of hydrogen-bond acceptors (Lipinski definition) is 6. The maximum atomic E-state index is 12.1. The zero-order chi connectivity index (χ0) is 13.9. The molecule has 9 heteroatoms. The molecule has 0 amide bonds. The number of nitrogens with two attached hydrogens (primary N) is 1. The van der Waals surface area contributed by atoms with Gasteiger partial charge in [-0.15, -0.1) is 11.3 Å². The van der Waals surface area contributed by atoms with E-state index in [2.05, 4.69) is 31.1 Å². The Balaban J connectivity index is 2.21. The Labute approximate surface area is 123 Å². The molecule has 0 unspecified atom stereocenters. The van der Waals surface area contributed by atoms with E-state index < -0.39 is 10.0 Å². The van der Waals surface area contributed by atoms with E-state index in [1.807, 2.05) is 11.4 Å². The first kappa shape index (κ1) is 14.4. The van der Waals surface area contributed by atoms with Crippen molar-refractivity contribution in [2.45, 2.75) is 11.6 Å². The lowest BCUT2D eigenvalue weighted by molar-refractivity contribution is 0.578. The van der Waals surface area contributed by atoms with Crippen molar-refractivity contribution >= 4 is 43.0 Å². The van der Waals surface area contributed by atoms with Crippen molar-refractivity contribution in [1.29, 1.82) is 0 Å². The van der Waals surface area contributed by atoms with Crippen molar-refractivity contribution in [3.05, 3.63) is 39.1 Å². The highest BCUT2D eigenvalue weighted by molar-refractivity contribution is 9.10. The van der Waals surface area contributed by atoms with Gasteiger partial charge in [0.1, 0.15) is 0 Å². The summed E-state index contributed by atoms with van der Waals surface area (Å²) in [5, 5.41) is 1.76. The van der Waals surface area contributed by atoms with Crippen LogP contribution in [0.5, 0.6) is 0 Å². The predicted octanol–water partition coefficient (Wildman–Crippen LogP) is 1.67.